The van der Waals surface area contributed by atoms with Crippen molar-refractivity contribution in [1.29, 1.82) is 0 Å². The van der Waals surface area contributed by atoms with Crippen LogP contribution < -0.4 is 4.74 Å². The third-order valence-corrected chi connectivity index (χ3v) is 3.40. The number of rotatable bonds is 6. The van der Waals surface area contributed by atoms with Gasteiger partial charge in [-0.15, -0.1) is 0 Å². The van der Waals surface area contributed by atoms with Gasteiger partial charge in [0.2, 0.25) is 0 Å². The number of esters is 2. The number of aliphatic hydroxyl groups excluding tert-OH is 1. The van der Waals surface area contributed by atoms with Gasteiger partial charge in [0.15, 0.2) is 5.60 Å². The Kier molecular flexibility index (Phi) is 4.83. The lowest BCUT2D eigenvalue weighted by Crippen LogP contribution is -2.22. The van der Waals surface area contributed by atoms with Crippen LogP contribution in [0.2, 0.25) is 0 Å². The number of benzene rings is 1. The Balaban J connectivity index is 2.30. The summed E-state index contributed by atoms with van der Waals surface area (Å²) in [4.78, 5) is 22.9. The molecule has 1 fully saturated rings. The Bertz CT molecular complexity index is 574. The van der Waals surface area contributed by atoms with E-state index in [2.05, 4.69) is 0 Å². The minimum atomic E-state index is -0.772. The van der Waals surface area contributed by atoms with Gasteiger partial charge in [0.05, 0.1) is 19.1 Å². The number of hydrogen-bond acceptors (Lipinski definition) is 6. The lowest BCUT2D eigenvalue weighted by molar-refractivity contribution is -0.143. The minimum absolute atomic E-state index is 0.0625. The molecule has 0 amide bonds. The van der Waals surface area contributed by atoms with E-state index in [0.29, 0.717) is 23.5 Å². The molecule has 1 aromatic rings. The number of ether oxygens (including phenoxy) is 3. The maximum Gasteiger partial charge on any atom is 0.313 e. The summed E-state index contributed by atoms with van der Waals surface area (Å²) in [7, 11) is 0. The van der Waals surface area contributed by atoms with Gasteiger partial charge in [0.1, 0.15) is 12.4 Å². The van der Waals surface area contributed by atoms with E-state index in [9.17, 15) is 14.7 Å². The molecule has 2 rings (SSSR count). The van der Waals surface area contributed by atoms with Crippen LogP contribution in [0.3, 0.4) is 0 Å². The molecule has 0 spiro atoms. The molecule has 1 aromatic carbocycles. The second-order valence-corrected chi connectivity index (χ2v) is 5.63. The van der Waals surface area contributed by atoms with Crippen molar-refractivity contribution in [2.24, 2.45) is 5.92 Å². The van der Waals surface area contributed by atoms with Gasteiger partial charge in [-0.2, -0.15) is 0 Å². The Morgan fingerprint density at radius 2 is 2.09 bits per heavy atom. The van der Waals surface area contributed by atoms with Crippen molar-refractivity contribution in [1.82, 2.24) is 0 Å². The summed E-state index contributed by atoms with van der Waals surface area (Å²) in [5.74, 6) is -0.729. The first-order valence-electron chi connectivity index (χ1n) is 7.11. The van der Waals surface area contributed by atoms with E-state index in [-0.39, 0.29) is 25.1 Å². The summed E-state index contributed by atoms with van der Waals surface area (Å²) < 4.78 is 15.9. The first-order chi connectivity index (χ1) is 10.4. The maximum atomic E-state index is 11.9. The SMILES string of the molecule is CC(=O)OCC1(c2ccc(CO)cc2OC(=O)C(C)C)CO1. The van der Waals surface area contributed by atoms with Crippen LogP contribution in [0.15, 0.2) is 18.2 Å². The standard InChI is InChI=1S/C16H20O6/c1-10(2)15(19)22-14-6-12(7-17)4-5-13(14)16(9-21-16)8-20-11(3)18/h4-6,10,17H,7-9H2,1-3H3. The van der Waals surface area contributed by atoms with Crippen molar-refractivity contribution in [3.63, 3.8) is 0 Å². The van der Waals surface area contributed by atoms with Crippen LogP contribution in [-0.4, -0.2) is 30.3 Å². The fraction of sp³-hybridized carbons (Fsp3) is 0.500. The molecule has 0 saturated carbocycles. The quantitative estimate of drug-likeness (QED) is 0.487. The summed E-state index contributed by atoms with van der Waals surface area (Å²) in [5.41, 5.74) is 0.491. The molecule has 0 aromatic heterocycles. The number of carbonyl (C=O) groups excluding carboxylic acids is 2. The molecule has 0 radical (unpaired) electrons. The van der Waals surface area contributed by atoms with Gasteiger partial charge in [0.25, 0.3) is 0 Å². The van der Waals surface area contributed by atoms with Gasteiger partial charge in [-0.3, -0.25) is 9.59 Å². The highest BCUT2D eigenvalue weighted by atomic mass is 16.6. The zero-order valence-corrected chi connectivity index (χ0v) is 12.9. The highest BCUT2D eigenvalue weighted by molar-refractivity contribution is 5.75. The number of carbonyl (C=O) groups is 2. The fourth-order valence-electron chi connectivity index (χ4n) is 1.97. The van der Waals surface area contributed by atoms with E-state index in [4.69, 9.17) is 14.2 Å². The van der Waals surface area contributed by atoms with Crippen LogP contribution in [0.25, 0.3) is 0 Å². The van der Waals surface area contributed by atoms with E-state index < -0.39 is 11.6 Å². The molecular formula is C16H20O6. The average molecular weight is 308 g/mol. The summed E-state index contributed by atoms with van der Waals surface area (Å²) >= 11 is 0. The van der Waals surface area contributed by atoms with Gasteiger partial charge in [-0.05, 0) is 11.6 Å². The summed E-state index contributed by atoms with van der Waals surface area (Å²) in [6.07, 6.45) is 0. The highest BCUT2D eigenvalue weighted by Gasteiger charge is 2.50. The van der Waals surface area contributed by atoms with E-state index in [1.807, 2.05) is 0 Å². The van der Waals surface area contributed by atoms with Crippen LogP contribution in [0.5, 0.6) is 5.75 Å². The lowest BCUT2D eigenvalue weighted by Gasteiger charge is -2.18. The smallest absolute Gasteiger partial charge is 0.313 e. The van der Waals surface area contributed by atoms with E-state index in [1.165, 1.54) is 6.92 Å². The third-order valence-electron chi connectivity index (χ3n) is 3.40. The monoisotopic (exact) mass is 308 g/mol. The Labute approximate surface area is 129 Å². The molecule has 120 valence electrons. The maximum absolute atomic E-state index is 11.9. The van der Waals surface area contributed by atoms with Crippen molar-refractivity contribution >= 4 is 11.9 Å². The van der Waals surface area contributed by atoms with Gasteiger partial charge in [-0.25, -0.2) is 0 Å². The predicted molar refractivity (Wildman–Crippen MR) is 77.1 cm³/mol. The molecule has 1 N–H and O–H groups in total. The normalized spacial score (nSPS) is 19.9. The summed E-state index contributed by atoms with van der Waals surface area (Å²) in [6.45, 7) is 5.08. The fourth-order valence-corrected chi connectivity index (χ4v) is 1.97. The van der Waals surface area contributed by atoms with Crippen LogP contribution >= 0.6 is 0 Å². The zero-order chi connectivity index (χ0) is 16.3. The van der Waals surface area contributed by atoms with E-state index >= 15 is 0 Å². The van der Waals surface area contributed by atoms with Gasteiger partial charge in [0, 0.05) is 12.5 Å². The Hall–Kier alpha value is -1.92. The molecule has 6 heteroatoms. The minimum Gasteiger partial charge on any atom is -0.462 e. The Morgan fingerprint density at radius 3 is 2.59 bits per heavy atom. The van der Waals surface area contributed by atoms with Crippen molar-refractivity contribution in [3.05, 3.63) is 29.3 Å². The molecule has 1 saturated heterocycles. The summed E-state index contributed by atoms with van der Waals surface area (Å²) in [5, 5.41) is 9.25. The van der Waals surface area contributed by atoms with Crippen molar-refractivity contribution in [2.75, 3.05) is 13.2 Å². The molecule has 1 aliphatic rings. The molecule has 1 heterocycles. The van der Waals surface area contributed by atoms with Crippen LogP contribution in [0, 0.1) is 5.92 Å². The molecular weight excluding hydrogens is 288 g/mol. The van der Waals surface area contributed by atoms with Crippen LogP contribution in [0.1, 0.15) is 31.9 Å². The van der Waals surface area contributed by atoms with Crippen molar-refractivity contribution in [2.45, 2.75) is 33.0 Å². The van der Waals surface area contributed by atoms with Gasteiger partial charge < -0.3 is 19.3 Å². The Morgan fingerprint density at radius 1 is 1.41 bits per heavy atom. The molecule has 0 aliphatic carbocycles. The molecule has 0 bridgehead atoms. The number of aliphatic hydroxyl groups is 1. The van der Waals surface area contributed by atoms with Crippen molar-refractivity contribution in [3.8, 4) is 5.75 Å². The van der Waals surface area contributed by atoms with Gasteiger partial charge in [-0.1, -0.05) is 26.0 Å². The van der Waals surface area contributed by atoms with Crippen molar-refractivity contribution < 1.29 is 28.9 Å². The topological polar surface area (TPSA) is 85.4 Å². The lowest BCUT2D eigenvalue weighted by atomic mass is 9.98. The largest absolute Gasteiger partial charge is 0.462 e. The summed E-state index contributed by atoms with van der Waals surface area (Å²) in [6, 6.07) is 5.05. The number of hydrogen-bond donors (Lipinski definition) is 1. The first-order valence-corrected chi connectivity index (χ1v) is 7.11. The average Bonchev–Trinajstić information content (AvgIpc) is 3.26. The second kappa shape index (κ2) is 6.46. The zero-order valence-electron chi connectivity index (χ0n) is 12.9. The molecule has 1 aliphatic heterocycles. The van der Waals surface area contributed by atoms with Gasteiger partial charge >= 0.3 is 11.9 Å². The van der Waals surface area contributed by atoms with Crippen LogP contribution in [-0.2, 0) is 31.3 Å². The molecule has 1 atom stereocenters. The van der Waals surface area contributed by atoms with E-state index in [1.54, 1.807) is 32.0 Å². The number of epoxide rings is 1. The van der Waals surface area contributed by atoms with E-state index in [0.717, 1.165) is 0 Å². The third kappa shape index (κ3) is 3.64. The van der Waals surface area contributed by atoms with Crippen LogP contribution in [0.4, 0.5) is 0 Å². The first kappa shape index (κ1) is 16.5. The second-order valence-electron chi connectivity index (χ2n) is 5.63. The predicted octanol–water partition coefficient (Wildman–Crippen LogP) is 1.53. The molecule has 22 heavy (non-hydrogen) atoms. The highest BCUT2D eigenvalue weighted by Crippen LogP contribution is 2.44. The molecule has 6 nitrogen and oxygen atoms in total. The molecule has 1 unspecified atom stereocenters.